The molecule has 3 rings (SSSR count). The van der Waals surface area contributed by atoms with Gasteiger partial charge in [-0.2, -0.15) is 26.3 Å². The van der Waals surface area contributed by atoms with Crippen molar-refractivity contribution in [3.8, 4) is 11.1 Å². The van der Waals surface area contributed by atoms with Crippen molar-refractivity contribution in [1.29, 1.82) is 0 Å². The predicted octanol–water partition coefficient (Wildman–Crippen LogP) is 7.53. The molecule has 0 aromatic heterocycles. The highest BCUT2D eigenvalue weighted by atomic mass is 19.4. The van der Waals surface area contributed by atoms with Gasteiger partial charge < -0.3 is 5.11 Å². The Morgan fingerprint density at radius 1 is 1.03 bits per heavy atom. The van der Waals surface area contributed by atoms with E-state index in [1.54, 1.807) is 44.2 Å². The molecule has 9 heteroatoms. The van der Waals surface area contributed by atoms with Gasteiger partial charge >= 0.3 is 18.3 Å². The van der Waals surface area contributed by atoms with Crippen LogP contribution in [0.4, 0.5) is 26.3 Å². The number of nitrogens with zero attached hydrogens (tertiary/aromatic N) is 1. The number of carboxylic acids is 1. The summed E-state index contributed by atoms with van der Waals surface area (Å²) in [6, 6.07) is 10.3. The van der Waals surface area contributed by atoms with Crippen LogP contribution in [0, 0.1) is 11.8 Å². The maximum Gasteiger partial charge on any atom is 0.417 e. The zero-order valence-corrected chi connectivity index (χ0v) is 19.7. The summed E-state index contributed by atoms with van der Waals surface area (Å²) < 4.78 is 83.6. The van der Waals surface area contributed by atoms with Gasteiger partial charge in [0.05, 0.1) is 17.4 Å². The molecule has 1 fully saturated rings. The average molecular weight is 502 g/mol. The van der Waals surface area contributed by atoms with Crippen LogP contribution in [0.2, 0.25) is 0 Å². The molecule has 0 spiro atoms. The van der Waals surface area contributed by atoms with Crippen molar-refractivity contribution >= 4 is 5.97 Å². The lowest BCUT2D eigenvalue weighted by Gasteiger charge is -2.39. The predicted molar refractivity (Wildman–Crippen MR) is 121 cm³/mol. The second-order valence-electron chi connectivity index (χ2n) is 9.69. The SMILES string of the molecule is CC(C)CC(C(=O)O)c1cc(-c2ccccc2)cc(C2CCC(C(F)(F)F)CN2C)c1C(F)(F)F. The van der Waals surface area contributed by atoms with E-state index in [1.807, 2.05) is 0 Å². The number of carboxylic acid groups (broad SMARTS) is 1. The number of rotatable bonds is 6. The van der Waals surface area contributed by atoms with Gasteiger partial charge in [-0.1, -0.05) is 44.2 Å². The Labute approximate surface area is 200 Å². The molecule has 1 heterocycles. The number of carbonyl (C=O) groups is 1. The number of aliphatic carboxylic acids is 1. The molecule has 2 aromatic rings. The van der Waals surface area contributed by atoms with Crippen molar-refractivity contribution < 1.29 is 36.2 Å². The number of likely N-dealkylation sites (tertiary alicyclic amines) is 1. The van der Waals surface area contributed by atoms with Crippen molar-refractivity contribution in [3.05, 3.63) is 59.2 Å². The fraction of sp³-hybridized carbons (Fsp3) is 0.500. The molecule has 3 atom stereocenters. The molecule has 1 N–H and O–H groups in total. The summed E-state index contributed by atoms with van der Waals surface area (Å²) in [5.41, 5.74) is -0.560. The number of benzene rings is 2. The van der Waals surface area contributed by atoms with E-state index in [9.17, 15) is 36.2 Å². The first-order chi connectivity index (χ1) is 16.2. The van der Waals surface area contributed by atoms with E-state index in [-0.39, 0.29) is 36.3 Å². The summed E-state index contributed by atoms with van der Waals surface area (Å²) in [7, 11) is 1.39. The summed E-state index contributed by atoms with van der Waals surface area (Å²) in [4.78, 5) is 13.5. The highest BCUT2D eigenvalue weighted by molar-refractivity contribution is 5.79. The molecule has 0 saturated carbocycles. The molecule has 35 heavy (non-hydrogen) atoms. The second-order valence-corrected chi connectivity index (χ2v) is 9.69. The summed E-state index contributed by atoms with van der Waals surface area (Å²) in [5.74, 6) is -4.59. The molecule has 0 aliphatic carbocycles. The highest BCUT2D eigenvalue weighted by Crippen LogP contribution is 2.47. The molecule has 192 valence electrons. The summed E-state index contributed by atoms with van der Waals surface area (Å²) in [6.07, 6.45) is -9.74. The first-order valence-electron chi connectivity index (χ1n) is 11.5. The molecule has 0 amide bonds. The third-order valence-electron chi connectivity index (χ3n) is 6.62. The van der Waals surface area contributed by atoms with Crippen molar-refractivity contribution in [3.63, 3.8) is 0 Å². The van der Waals surface area contributed by atoms with Crippen LogP contribution in [0.5, 0.6) is 0 Å². The van der Waals surface area contributed by atoms with Gasteiger partial charge in [0.2, 0.25) is 0 Å². The van der Waals surface area contributed by atoms with Crippen LogP contribution in [0.25, 0.3) is 11.1 Å². The topological polar surface area (TPSA) is 40.5 Å². The van der Waals surface area contributed by atoms with Gasteiger partial charge in [-0.05, 0) is 66.6 Å². The third kappa shape index (κ3) is 6.18. The first kappa shape index (κ1) is 27.0. The van der Waals surface area contributed by atoms with Crippen molar-refractivity contribution in [2.24, 2.45) is 11.8 Å². The number of halogens is 6. The molecule has 1 aliphatic rings. The van der Waals surface area contributed by atoms with Gasteiger partial charge in [0.15, 0.2) is 0 Å². The second kappa shape index (κ2) is 10.2. The molecule has 0 radical (unpaired) electrons. The van der Waals surface area contributed by atoms with Gasteiger partial charge in [-0.15, -0.1) is 0 Å². The van der Waals surface area contributed by atoms with E-state index >= 15 is 0 Å². The van der Waals surface area contributed by atoms with Crippen molar-refractivity contribution in [2.75, 3.05) is 13.6 Å². The Morgan fingerprint density at radius 3 is 2.14 bits per heavy atom. The van der Waals surface area contributed by atoms with E-state index in [0.29, 0.717) is 11.1 Å². The summed E-state index contributed by atoms with van der Waals surface area (Å²) in [6.45, 7) is 3.04. The lowest BCUT2D eigenvalue weighted by atomic mass is 9.79. The van der Waals surface area contributed by atoms with E-state index < -0.39 is 48.3 Å². The minimum Gasteiger partial charge on any atom is -0.481 e. The van der Waals surface area contributed by atoms with Crippen LogP contribution in [-0.2, 0) is 11.0 Å². The minimum atomic E-state index is -4.88. The average Bonchev–Trinajstić information content (AvgIpc) is 2.75. The summed E-state index contributed by atoms with van der Waals surface area (Å²) in [5, 5.41) is 9.90. The Morgan fingerprint density at radius 2 is 1.66 bits per heavy atom. The van der Waals surface area contributed by atoms with Crippen molar-refractivity contribution in [2.45, 2.75) is 57.4 Å². The highest BCUT2D eigenvalue weighted by Gasteiger charge is 2.46. The van der Waals surface area contributed by atoms with E-state index in [2.05, 4.69) is 0 Å². The quantitative estimate of drug-likeness (QED) is 0.416. The van der Waals surface area contributed by atoms with Crippen molar-refractivity contribution in [1.82, 2.24) is 4.90 Å². The van der Waals surface area contributed by atoms with Crippen LogP contribution < -0.4 is 0 Å². The largest absolute Gasteiger partial charge is 0.481 e. The Balaban J connectivity index is 2.26. The number of hydrogen-bond acceptors (Lipinski definition) is 2. The zero-order chi connectivity index (χ0) is 26.1. The Bertz CT molecular complexity index is 1030. The molecule has 1 aliphatic heterocycles. The van der Waals surface area contributed by atoms with Gasteiger partial charge in [0, 0.05) is 12.6 Å². The summed E-state index contributed by atoms with van der Waals surface area (Å²) >= 11 is 0. The van der Waals surface area contributed by atoms with Gasteiger partial charge in [-0.25, -0.2) is 0 Å². The normalized spacial score (nSPS) is 20.7. The van der Waals surface area contributed by atoms with Crippen LogP contribution in [0.3, 0.4) is 0 Å². The van der Waals surface area contributed by atoms with Gasteiger partial charge in [0.25, 0.3) is 0 Å². The maximum absolute atomic E-state index is 14.6. The number of alkyl halides is 6. The molecule has 3 nitrogen and oxygen atoms in total. The smallest absolute Gasteiger partial charge is 0.417 e. The monoisotopic (exact) mass is 501 g/mol. The molecule has 3 unspecified atom stereocenters. The molecular weight excluding hydrogens is 472 g/mol. The van der Waals surface area contributed by atoms with Gasteiger partial charge in [0.1, 0.15) is 0 Å². The standard InChI is InChI=1S/C26H29F6NO2/c1-15(2)11-20(24(34)35)19-12-17(16-7-5-4-6-8-16)13-21(23(19)26(30,31)32)22-10-9-18(14-33(22)3)25(27,28)29/h4-8,12-13,15,18,20,22H,9-11,14H2,1-3H3,(H,34,35). The lowest BCUT2D eigenvalue weighted by molar-refractivity contribution is -0.189. The van der Waals surface area contributed by atoms with Gasteiger partial charge in [-0.3, -0.25) is 9.69 Å². The van der Waals surface area contributed by atoms with E-state index in [0.717, 1.165) is 0 Å². The number of hydrogen-bond donors (Lipinski definition) is 1. The van der Waals surface area contributed by atoms with E-state index in [1.165, 1.54) is 24.1 Å². The van der Waals surface area contributed by atoms with Crippen LogP contribution in [0.1, 0.15) is 61.8 Å². The lowest BCUT2D eigenvalue weighted by Crippen LogP contribution is -2.42. The fourth-order valence-electron chi connectivity index (χ4n) is 4.99. The van der Waals surface area contributed by atoms with Crippen LogP contribution in [0.15, 0.2) is 42.5 Å². The Kier molecular flexibility index (Phi) is 7.89. The maximum atomic E-state index is 14.6. The fourth-order valence-corrected chi connectivity index (χ4v) is 4.99. The molecule has 1 saturated heterocycles. The number of piperidine rings is 1. The van der Waals surface area contributed by atoms with E-state index in [4.69, 9.17) is 0 Å². The minimum absolute atomic E-state index is 0.00719. The van der Waals surface area contributed by atoms with Crippen LogP contribution >= 0.6 is 0 Å². The molecule has 2 aromatic carbocycles. The molecule has 0 bridgehead atoms. The zero-order valence-electron chi connectivity index (χ0n) is 19.7. The first-order valence-corrected chi connectivity index (χ1v) is 11.5. The Hall–Kier alpha value is -2.55. The van der Waals surface area contributed by atoms with Crippen LogP contribution in [-0.4, -0.2) is 35.7 Å². The third-order valence-corrected chi connectivity index (χ3v) is 6.62. The molecular formula is C26H29F6NO2.